The number of ketones is 1. The van der Waals surface area contributed by atoms with E-state index in [-0.39, 0.29) is 35.1 Å². The van der Waals surface area contributed by atoms with Crippen molar-refractivity contribution in [2.24, 2.45) is 10.4 Å². The third kappa shape index (κ3) is 4.36. The molecule has 3 aliphatic rings. The van der Waals surface area contributed by atoms with Crippen molar-refractivity contribution < 1.29 is 31.1 Å². The van der Waals surface area contributed by atoms with Crippen LogP contribution in [-0.4, -0.2) is 61.6 Å². The van der Waals surface area contributed by atoms with Crippen molar-refractivity contribution in [3.63, 3.8) is 0 Å². The Balaban J connectivity index is 1.34. The summed E-state index contributed by atoms with van der Waals surface area (Å²) >= 11 is 0. The SMILES string of the molecule is CC1(C)CN=C2C(=O)c3cc(S(=O)(=O)N4CCC[C@H]4COc4ccc(C(F)(F)F)cn4)ccc3N2C1. The minimum Gasteiger partial charge on any atom is -0.476 e. The first-order chi connectivity index (χ1) is 16.9. The Bertz CT molecular complexity index is 1340. The van der Waals surface area contributed by atoms with E-state index in [1.165, 1.54) is 16.4 Å². The Labute approximate surface area is 206 Å². The highest BCUT2D eigenvalue weighted by molar-refractivity contribution is 7.89. The predicted molar refractivity (Wildman–Crippen MR) is 126 cm³/mol. The molecule has 3 aliphatic heterocycles. The first kappa shape index (κ1) is 24.7. The fourth-order valence-electron chi connectivity index (χ4n) is 4.78. The van der Waals surface area contributed by atoms with Crippen LogP contribution in [-0.2, 0) is 16.2 Å². The zero-order chi connectivity index (χ0) is 25.9. The number of carbonyl (C=O) groups is 1. The molecule has 5 rings (SSSR count). The molecular weight excluding hydrogens is 497 g/mol. The number of carbonyl (C=O) groups excluding carboxylic acids is 1. The molecule has 1 aromatic carbocycles. The Morgan fingerprint density at radius 2 is 1.97 bits per heavy atom. The molecule has 1 saturated heterocycles. The summed E-state index contributed by atoms with van der Waals surface area (Å²) in [7, 11) is -3.95. The number of rotatable bonds is 5. The summed E-state index contributed by atoms with van der Waals surface area (Å²) < 4.78 is 72.1. The average Bonchev–Trinajstić information content (AvgIpc) is 3.40. The lowest BCUT2D eigenvalue weighted by Crippen LogP contribution is -2.44. The van der Waals surface area contributed by atoms with Gasteiger partial charge in [0.2, 0.25) is 21.7 Å². The number of ether oxygens (including phenoxy) is 1. The number of halogens is 3. The second kappa shape index (κ2) is 8.55. The monoisotopic (exact) mass is 522 g/mol. The highest BCUT2D eigenvalue weighted by Gasteiger charge is 2.42. The van der Waals surface area contributed by atoms with Crippen LogP contribution in [0.5, 0.6) is 5.88 Å². The van der Waals surface area contributed by atoms with Gasteiger partial charge in [0.1, 0.15) is 6.61 Å². The summed E-state index contributed by atoms with van der Waals surface area (Å²) in [6.07, 6.45) is -2.68. The molecule has 2 aromatic rings. The van der Waals surface area contributed by atoms with Crippen LogP contribution >= 0.6 is 0 Å². The third-order valence-corrected chi connectivity index (χ3v) is 8.57. The van der Waals surface area contributed by atoms with Crippen LogP contribution in [0, 0.1) is 5.41 Å². The van der Waals surface area contributed by atoms with Crippen molar-refractivity contribution in [1.29, 1.82) is 0 Å². The van der Waals surface area contributed by atoms with Crippen molar-refractivity contribution in [2.75, 3.05) is 31.1 Å². The van der Waals surface area contributed by atoms with Gasteiger partial charge >= 0.3 is 6.18 Å². The minimum atomic E-state index is -4.50. The Hall–Kier alpha value is -2.99. The summed E-state index contributed by atoms with van der Waals surface area (Å²) in [6.45, 7) is 5.47. The quantitative estimate of drug-likeness (QED) is 0.594. The molecule has 1 fully saturated rings. The molecule has 0 aliphatic carbocycles. The van der Waals surface area contributed by atoms with Gasteiger partial charge in [0.15, 0.2) is 5.84 Å². The molecule has 0 spiro atoms. The number of nitrogens with zero attached hydrogens (tertiary/aromatic N) is 4. The molecule has 1 atom stereocenters. The van der Waals surface area contributed by atoms with Crippen molar-refractivity contribution in [3.8, 4) is 5.88 Å². The Morgan fingerprint density at radius 3 is 2.67 bits per heavy atom. The lowest BCUT2D eigenvalue weighted by atomic mass is 9.91. The highest BCUT2D eigenvalue weighted by Crippen LogP contribution is 2.38. The van der Waals surface area contributed by atoms with Crippen LogP contribution < -0.4 is 9.64 Å². The summed E-state index contributed by atoms with van der Waals surface area (Å²) in [5, 5.41) is 0. The van der Waals surface area contributed by atoms with Crippen LogP contribution in [0.2, 0.25) is 0 Å². The van der Waals surface area contributed by atoms with E-state index in [2.05, 4.69) is 23.8 Å². The molecular formula is C24H25F3N4O4S. The Kier molecular flexibility index (Phi) is 5.86. The van der Waals surface area contributed by atoms with Gasteiger partial charge in [-0.05, 0) is 37.1 Å². The molecule has 0 unspecified atom stereocenters. The summed E-state index contributed by atoms with van der Waals surface area (Å²) in [4.78, 5) is 23.0. The van der Waals surface area contributed by atoms with Gasteiger partial charge in [-0.15, -0.1) is 0 Å². The maximum atomic E-state index is 13.5. The predicted octanol–water partition coefficient (Wildman–Crippen LogP) is 3.77. The fraction of sp³-hybridized carbons (Fsp3) is 0.458. The minimum absolute atomic E-state index is 0.00821. The number of hydrogen-bond donors (Lipinski definition) is 0. The molecule has 0 amide bonds. The first-order valence-corrected chi connectivity index (χ1v) is 13.0. The van der Waals surface area contributed by atoms with Gasteiger partial charge < -0.3 is 9.64 Å². The second-order valence-corrected chi connectivity index (χ2v) is 11.9. The van der Waals surface area contributed by atoms with Crippen molar-refractivity contribution in [3.05, 3.63) is 47.7 Å². The van der Waals surface area contributed by atoms with Gasteiger partial charge in [-0.3, -0.25) is 9.79 Å². The molecule has 0 saturated carbocycles. The number of sulfonamides is 1. The highest BCUT2D eigenvalue weighted by atomic mass is 32.2. The number of amidine groups is 1. The third-order valence-electron chi connectivity index (χ3n) is 6.62. The van der Waals surface area contributed by atoms with Gasteiger partial charge in [-0.1, -0.05) is 13.8 Å². The van der Waals surface area contributed by atoms with Crippen LogP contribution in [0.3, 0.4) is 0 Å². The maximum absolute atomic E-state index is 13.5. The smallest absolute Gasteiger partial charge is 0.417 e. The molecule has 12 heteroatoms. The van der Waals surface area contributed by atoms with Crippen LogP contribution in [0.1, 0.15) is 42.6 Å². The van der Waals surface area contributed by atoms with Crippen molar-refractivity contribution >= 4 is 27.3 Å². The van der Waals surface area contributed by atoms with Crippen molar-refractivity contribution in [2.45, 2.75) is 43.8 Å². The van der Waals surface area contributed by atoms with Crippen LogP contribution in [0.25, 0.3) is 0 Å². The average molecular weight is 523 g/mol. The molecule has 0 N–H and O–H groups in total. The van der Waals surface area contributed by atoms with Gasteiger partial charge in [-0.2, -0.15) is 17.5 Å². The number of pyridine rings is 1. The van der Waals surface area contributed by atoms with Crippen molar-refractivity contribution in [1.82, 2.24) is 9.29 Å². The summed E-state index contributed by atoms with van der Waals surface area (Å²) in [5.41, 5.74) is -0.0358. The van der Waals surface area contributed by atoms with Gasteiger partial charge in [-0.25, -0.2) is 13.4 Å². The number of alkyl halides is 3. The fourth-order valence-corrected chi connectivity index (χ4v) is 6.48. The van der Waals surface area contributed by atoms with E-state index in [9.17, 15) is 26.4 Å². The van der Waals surface area contributed by atoms with Gasteiger partial charge in [0, 0.05) is 37.3 Å². The molecule has 8 nitrogen and oxygen atoms in total. The number of hydrogen-bond acceptors (Lipinski definition) is 7. The molecule has 1 aromatic heterocycles. The maximum Gasteiger partial charge on any atom is 0.417 e. The lowest BCUT2D eigenvalue weighted by molar-refractivity contribution is -0.137. The van der Waals surface area contributed by atoms with E-state index >= 15 is 0 Å². The Morgan fingerprint density at radius 1 is 1.19 bits per heavy atom. The van der Waals surface area contributed by atoms with Crippen LogP contribution in [0.4, 0.5) is 18.9 Å². The number of aliphatic imine (C=N–C) groups is 1. The molecule has 0 radical (unpaired) electrons. The van der Waals surface area contributed by atoms with Crippen LogP contribution in [0.15, 0.2) is 46.4 Å². The van der Waals surface area contributed by atoms with E-state index < -0.39 is 27.8 Å². The summed E-state index contributed by atoms with van der Waals surface area (Å²) in [5.74, 6) is 0.0401. The standard InChI is InChI=1S/C24H25F3N4O4S/c1-23(2)13-29-22-21(32)18-10-17(6-7-19(18)30(22)14-23)36(33,34)31-9-3-4-16(31)12-35-20-8-5-15(11-28-20)24(25,26)27/h5-8,10-11,16H,3-4,9,12-14H2,1-2H3/t16-/m0/s1. The van der Waals surface area contributed by atoms with Gasteiger partial charge in [0.25, 0.3) is 0 Å². The largest absolute Gasteiger partial charge is 0.476 e. The van der Waals surface area contributed by atoms with E-state index in [1.807, 2.05) is 4.90 Å². The van der Waals surface area contributed by atoms with E-state index in [1.54, 1.807) is 6.07 Å². The second-order valence-electron chi connectivity index (χ2n) is 10.0. The number of fused-ring (bicyclic) bond motifs is 3. The molecule has 0 bridgehead atoms. The lowest BCUT2D eigenvalue weighted by Gasteiger charge is -2.34. The summed E-state index contributed by atoms with van der Waals surface area (Å²) in [6, 6.07) is 6.03. The molecule has 36 heavy (non-hydrogen) atoms. The topological polar surface area (TPSA) is 92.2 Å². The molecule has 192 valence electrons. The number of benzene rings is 1. The van der Waals surface area contributed by atoms with E-state index in [4.69, 9.17) is 4.74 Å². The first-order valence-electron chi connectivity index (χ1n) is 11.6. The normalized spacial score (nSPS) is 21.8. The van der Waals surface area contributed by atoms with Gasteiger partial charge in [0.05, 0.1) is 27.8 Å². The number of anilines is 1. The zero-order valence-electron chi connectivity index (χ0n) is 19.7. The number of Topliss-reactive ketones (excluding diaryl/α,β-unsaturated/α-hetero) is 1. The van der Waals surface area contributed by atoms with E-state index in [0.717, 1.165) is 12.1 Å². The van der Waals surface area contributed by atoms with E-state index in [0.29, 0.717) is 49.2 Å². The number of aromatic nitrogens is 1. The molecule has 4 heterocycles. The zero-order valence-corrected chi connectivity index (χ0v) is 20.6.